The maximum Gasteiger partial charge on any atom is 0.206 e. The van der Waals surface area contributed by atoms with Crippen molar-refractivity contribution in [2.75, 3.05) is 0 Å². The summed E-state index contributed by atoms with van der Waals surface area (Å²) in [4.78, 5) is 0. The smallest absolute Gasteiger partial charge is 0.206 e. The van der Waals surface area contributed by atoms with E-state index in [0.717, 1.165) is 0 Å². The molecule has 0 aliphatic rings. The highest BCUT2D eigenvalue weighted by Gasteiger charge is 2.30. The highest BCUT2D eigenvalue weighted by atomic mass is 19.2. The van der Waals surface area contributed by atoms with Crippen LogP contribution in [0.15, 0.2) is 6.07 Å². The van der Waals surface area contributed by atoms with E-state index in [9.17, 15) is 31.4 Å². The maximum atomic E-state index is 13.6. The second kappa shape index (κ2) is 4.76. The number of halogens is 6. The van der Waals surface area contributed by atoms with Crippen LogP contribution in [0.2, 0.25) is 0 Å². The van der Waals surface area contributed by atoms with Gasteiger partial charge in [0.1, 0.15) is 0 Å². The van der Waals surface area contributed by atoms with Crippen LogP contribution in [0.1, 0.15) is 0 Å². The van der Waals surface area contributed by atoms with Crippen LogP contribution in [-0.2, 0) is 0 Å². The predicted octanol–water partition coefficient (Wildman–Crippen LogP) is 3.30. The van der Waals surface area contributed by atoms with Crippen LogP contribution in [0.5, 0.6) is 17.2 Å². The lowest BCUT2D eigenvalue weighted by Crippen LogP contribution is -2.01. The van der Waals surface area contributed by atoms with E-state index in [0.29, 0.717) is 0 Å². The number of phenolic OH excluding ortho intramolecular Hbond substituents is 3. The van der Waals surface area contributed by atoms with Gasteiger partial charge in [-0.1, -0.05) is 0 Å². The fraction of sp³-hybridized carbons (Fsp3) is 0. The lowest BCUT2D eigenvalue weighted by molar-refractivity contribution is 0.358. The highest BCUT2D eigenvalue weighted by molar-refractivity contribution is 5.74. The molecule has 0 aromatic heterocycles. The Morgan fingerprint density at radius 3 is 1.67 bits per heavy atom. The van der Waals surface area contributed by atoms with Gasteiger partial charge in [-0.05, 0) is 6.07 Å². The van der Waals surface area contributed by atoms with Gasteiger partial charge in [-0.2, -0.15) is 13.2 Å². The van der Waals surface area contributed by atoms with E-state index in [2.05, 4.69) is 0 Å². The summed E-state index contributed by atoms with van der Waals surface area (Å²) in [6, 6.07) is 0.187. The minimum Gasteiger partial charge on any atom is -0.505 e. The summed E-state index contributed by atoms with van der Waals surface area (Å²) in [6.45, 7) is 0. The first-order chi connectivity index (χ1) is 9.68. The molecule has 9 heteroatoms. The molecule has 2 rings (SSSR count). The Morgan fingerprint density at radius 2 is 1.10 bits per heavy atom. The molecule has 21 heavy (non-hydrogen) atoms. The zero-order chi connectivity index (χ0) is 16.1. The molecule has 0 amide bonds. The van der Waals surface area contributed by atoms with Crippen molar-refractivity contribution in [1.29, 1.82) is 0 Å². The average Bonchev–Trinajstić information content (AvgIpc) is 2.46. The van der Waals surface area contributed by atoms with Crippen molar-refractivity contribution in [2.45, 2.75) is 0 Å². The van der Waals surface area contributed by atoms with Crippen LogP contribution in [0.4, 0.5) is 26.3 Å². The number of rotatable bonds is 1. The molecule has 112 valence electrons. The third-order valence-electron chi connectivity index (χ3n) is 2.67. The van der Waals surface area contributed by atoms with E-state index in [1.54, 1.807) is 0 Å². The van der Waals surface area contributed by atoms with E-state index < -0.39 is 63.3 Å². The third kappa shape index (κ3) is 2.01. The number of hydrogen-bond acceptors (Lipinski definition) is 3. The van der Waals surface area contributed by atoms with Gasteiger partial charge in [0.2, 0.25) is 17.5 Å². The fourth-order valence-corrected chi connectivity index (χ4v) is 1.65. The van der Waals surface area contributed by atoms with Crippen LogP contribution in [0.3, 0.4) is 0 Å². The number of hydrogen-bond donors (Lipinski definition) is 3. The van der Waals surface area contributed by atoms with Crippen LogP contribution >= 0.6 is 0 Å². The van der Waals surface area contributed by atoms with Gasteiger partial charge in [-0.25, -0.2) is 13.2 Å². The van der Waals surface area contributed by atoms with Crippen molar-refractivity contribution in [3.05, 3.63) is 41.0 Å². The molecule has 0 unspecified atom stereocenters. The molecule has 0 saturated carbocycles. The second-order valence-corrected chi connectivity index (χ2v) is 3.90. The molecule has 0 saturated heterocycles. The molecule has 0 spiro atoms. The maximum absolute atomic E-state index is 13.6. The second-order valence-electron chi connectivity index (χ2n) is 3.90. The molecule has 3 N–H and O–H groups in total. The van der Waals surface area contributed by atoms with Gasteiger partial charge in [0.15, 0.2) is 34.7 Å². The molecule has 0 radical (unpaired) electrons. The molecule has 0 heterocycles. The van der Waals surface area contributed by atoms with Crippen LogP contribution in [-0.4, -0.2) is 15.3 Å². The summed E-state index contributed by atoms with van der Waals surface area (Å²) in [5.74, 6) is -17.8. The van der Waals surface area contributed by atoms with Crippen molar-refractivity contribution in [2.24, 2.45) is 0 Å². The Labute approximate surface area is 112 Å². The Kier molecular flexibility index (Phi) is 3.36. The number of phenols is 3. The molecular weight excluding hydrogens is 306 g/mol. The Morgan fingerprint density at radius 1 is 0.571 bits per heavy atom. The SMILES string of the molecule is Oc1cc(-c2c(F)c(O)c(F)c(F)c2F)c(O)c(F)c1F. The molecule has 0 atom stereocenters. The molecular formula is C12H4F6O3. The highest BCUT2D eigenvalue weighted by Crippen LogP contribution is 2.42. The monoisotopic (exact) mass is 310 g/mol. The summed E-state index contributed by atoms with van der Waals surface area (Å²) < 4.78 is 79.4. The zero-order valence-corrected chi connectivity index (χ0v) is 9.69. The first-order valence-corrected chi connectivity index (χ1v) is 5.13. The summed E-state index contributed by atoms with van der Waals surface area (Å²) in [5, 5.41) is 27.3. The first-order valence-electron chi connectivity index (χ1n) is 5.13. The topological polar surface area (TPSA) is 60.7 Å². The lowest BCUT2D eigenvalue weighted by atomic mass is 10.0. The van der Waals surface area contributed by atoms with E-state index in [1.165, 1.54) is 0 Å². The molecule has 0 aliphatic heterocycles. The van der Waals surface area contributed by atoms with E-state index in [4.69, 9.17) is 10.2 Å². The molecule has 0 aliphatic carbocycles. The Bertz CT molecular complexity index is 731. The normalized spacial score (nSPS) is 11.0. The summed E-state index contributed by atoms with van der Waals surface area (Å²) in [5.41, 5.74) is -2.78. The molecule has 2 aromatic carbocycles. The summed E-state index contributed by atoms with van der Waals surface area (Å²) >= 11 is 0. The van der Waals surface area contributed by atoms with Crippen molar-refractivity contribution in [1.82, 2.24) is 0 Å². The van der Waals surface area contributed by atoms with Crippen LogP contribution in [0, 0.1) is 34.9 Å². The van der Waals surface area contributed by atoms with Crippen LogP contribution < -0.4 is 0 Å². The van der Waals surface area contributed by atoms with Gasteiger partial charge in [-0.3, -0.25) is 0 Å². The van der Waals surface area contributed by atoms with Gasteiger partial charge in [-0.15, -0.1) is 0 Å². The first kappa shape index (κ1) is 14.8. The number of benzene rings is 2. The fourth-order valence-electron chi connectivity index (χ4n) is 1.65. The summed E-state index contributed by atoms with van der Waals surface area (Å²) in [7, 11) is 0. The third-order valence-corrected chi connectivity index (χ3v) is 2.67. The molecule has 2 aromatic rings. The van der Waals surface area contributed by atoms with Gasteiger partial charge < -0.3 is 15.3 Å². The van der Waals surface area contributed by atoms with Gasteiger partial charge >= 0.3 is 0 Å². The molecule has 3 nitrogen and oxygen atoms in total. The lowest BCUT2D eigenvalue weighted by Gasteiger charge is -2.12. The largest absolute Gasteiger partial charge is 0.505 e. The molecule has 0 fully saturated rings. The standard InChI is InChI=1S/C12H4F6O3/c13-5-3(19)1-2(11(20)9(5)17)4-6(14)8(16)10(18)12(21)7(4)15/h1,19-21H. The minimum atomic E-state index is -2.30. The molecule has 0 bridgehead atoms. The number of aromatic hydroxyl groups is 3. The Balaban J connectivity index is 2.93. The van der Waals surface area contributed by atoms with Crippen molar-refractivity contribution in [3.8, 4) is 28.4 Å². The predicted molar refractivity (Wildman–Crippen MR) is 56.6 cm³/mol. The van der Waals surface area contributed by atoms with Crippen molar-refractivity contribution < 1.29 is 41.7 Å². The quantitative estimate of drug-likeness (QED) is 0.328. The van der Waals surface area contributed by atoms with Gasteiger partial charge in [0, 0.05) is 5.56 Å². The van der Waals surface area contributed by atoms with Crippen LogP contribution in [0.25, 0.3) is 11.1 Å². The van der Waals surface area contributed by atoms with Gasteiger partial charge in [0.25, 0.3) is 0 Å². The summed E-state index contributed by atoms with van der Waals surface area (Å²) in [6.07, 6.45) is 0. The van der Waals surface area contributed by atoms with E-state index in [1.807, 2.05) is 0 Å². The van der Waals surface area contributed by atoms with E-state index >= 15 is 0 Å². The zero-order valence-electron chi connectivity index (χ0n) is 9.69. The average molecular weight is 310 g/mol. The van der Waals surface area contributed by atoms with E-state index in [-0.39, 0.29) is 6.07 Å². The van der Waals surface area contributed by atoms with Crippen molar-refractivity contribution in [3.63, 3.8) is 0 Å². The minimum absolute atomic E-state index is 0.187. The Hall–Kier alpha value is -2.58. The van der Waals surface area contributed by atoms with Crippen molar-refractivity contribution >= 4 is 0 Å². The van der Waals surface area contributed by atoms with Gasteiger partial charge in [0.05, 0.1) is 5.56 Å².